The highest BCUT2D eigenvalue weighted by Gasteiger charge is 2.35. The summed E-state index contributed by atoms with van der Waals surface area (Å²) in [6.07, 6.45) is 0. The lowest BCUT2D eigenvalue weighted by molar-refractivity contribution is 0.421. The fourth-order valence-electron chi connectivity index (χ4n) is 6.44. The Morgan fingerprint density at radius 3 is 0.818 bits per heavy atom. The number of aromatic hydroxyl groups is 2. The van der Waals surface area contributed by atoms with E-state index >= 15 is 0 Å². The smallest absolute Gasteiger partial charge is 0.123 e. The Balaban J connectivity index is 2.23. The molecule has 44 heavy (non-hydrogen) atoms. The minimum absolute atomic E-state index is 0.00670. The fourth-order valence-corrected chi connectivity index (χ4v) is 6.44. The molecule has 0 heterocycles. The molecule has 0 unspecified atom stereocenters. The van der Waals surface area contributed by atoms with Crippen LogP contribution < -0.4 is 0 Å². The summed E-state index contributed by atoms with van der Waals surface area (Å²) in [6.45, 7) is 26.1. The zero-order valence-electron chi connectivity index (χ0n) is 29.1. The average molecular weight is 591 g/mol. The number of hydrogen-bond donors (Lipinski definition) is 2. The van der Waals surface area contributed by atoms with Crippen LogP contribution >= 0.6 is 0 Å². The van der Waals surface area contributed by atoms with Crippen LogP contribution in [0.1, 0.15) is 139 Å². The molecule has 2 heteroatoms. The van der Waals surface area contributed by atoms with Crippen LogP contribution in [-0.2, 0) is 21.7 Å². The second-order valence-electron chi connectivity index (χ2n) is 16.7. The maximum absolute atomic E-state index is 11.7. The summed E-state index contributed by atoms with van der Waals surface area (Å²) in [4.78, 5) is 0. The quantitative estimate of drug-likeness (QED) is 0.243. The van der Waals surface area contributed by atoms with Crippen LogP contribution in [0.25, 0.3) is 0 Å². The maximum Gasteiger partial charge on any atom is 0.123 e. The van der Waals surface area contributed by atoms with Gasteiger partial charge in [-0.05, 0) is 66.2 Å². The Hall–Kier alpha value is -3.52. The zero-order chi connectivity index (χ0) is 32.8. The lowest BCUT2D eigenvalue weighted by Crippen LogP contribution is -2.23. The van der Waals surface area contributed by atoms with Crippen LogP contribution in [0.4, 0.5) is 0 Å². The molecule has 4 aromatic rings. The third kappa shape index (κ3) is 6.90. The maximum atomic E-state index is 11.7. The first kappa shape index (κ1) is 33.4. The molecule has 2 nitrogen and oxygen atoms in total. The summed E-state index contributed by atoms with van der Waals surface area (Å²) >= 11 is 0. The van der Waals surface area contributed by atoms with Crippen molar-refractivity contribution < 1.29 is 10.2 Å². The second kappa shape index (κ2) is 11.8. The van der Waals surface area contributed by atoms with E-state index in [0.717, 1.165) is 22.3 Å². The third-order valence-electron chi connectivity index (χ3n) is 8.87. The van der Waals surface area contributed by atoms with Crippen LogP contribution in [0.2, 0.25) is 0 Å². The monoisotopic (exact) mass is 590 g/mol. The Bertz CT molecular complexity index is 1390. The van der Waals surface area contributed by atoms with Gasteiger partial charge in [0.15, 0.2) is 0 Å². The molecule has 0 fully saturated rings. The Labute approximate surface area is 267 Å². The highest BCUT2D eigenvalue weighted by atomic mass is 16.3. The topological polar surface area (TPSA) is 40.5 Å². The van der Waals surface area contributed by atoms with Crippen molar-refractivity contribution in [3.8, 4) is 11.5 Å². The van der Waals surface area contributed by atoms with Gasteiger partial charge in [0, 0.05) is 11.8 Å². The van der Waals surface area contributed by atoms with Crippen molar-refractivity contribution in [2.75, 3.05) is 0 Å². The van der Waals surface area contributed by atoms with Gasteiger partial charge in [0.2, 0.25) is 0 Å². The van der Waals surface area contributed by atoms with Crippen LogP contribution in [0.3, 0.4) is 0 Å². The van der Waals surface area contributed by atoms with Gasteiger partial charge in [-0.3, -0.25) is 0 Å². The standard InChI is InChI=1S/C42H54O2/c1-39(2,3)31-23-29(24-32(37(31)43)40(4,5)6)36(35(27-19-15-13-16-20-27)28-21-17-14-18-22-28)30-25-33(41(7,8)9)38(44)34(26-30)42(10,11)12/h13-26,35-36,43-44H,1-12H3. The molecule has 0 spiro atoms. The molecule has 4 rings (SSSR count). The average Bonchev–Trinajstić information content (AvgIpc) is 2.90. The molecule has 0 radical (unpaired) electrons. The van der Waals surface area contributed by atoms with Gasteiger partial charge in [0.1, 0.15) is 11.5 Å². The molecule has 0 bridgehead atoms. The summed E-state index contributed by atoms with van der Waals surface area (Å²) in [7, 11) is 0. The number of phenolic OH excluding ortho intramolecular Hbond substituents is 2. The van der Waals surface area contributed by atoms with E-state index in [2.05, 4.69) is 168 Å². The predicted molar refractivity (Wildman–Crippen MR) is 188 cm³/mol. The minimum Gasteiger partial charge on any atom is -0.507 e. The van der Waals surface area contributed by atoms with Gasteiger partial charge in [0.05, 0.1) is 0 Å². The van der Waals surface area contributed by atoms with Crippen molar-refractivity contribution in [1.82, 2.24) is 0 Å². The van der Waals surface area contributed by atoms with Gasteiger partial charge in [-0.25, -0.2) is 0 Å². The SMILES string of the molecule is CC(C)(C)c1cc(C(c2cc(C(C)(C)C)c(O)c(C(C)(C)C)c2)C(c2ccccc2)c2ccccc2)cc(C(C)(C)C)c1O. The lowest BCUT2D eigenvalue weighted by Gasteiger charge is -2.35. The molecule has 0 saturated carbocycles. The molecule has 234 valence electrons. The predicted octanol–water partition coefficient (Wildman–Crippen LogP) is 11.3. The molecule has 0 amide bonds. The van der Waals surface area contributed by atoms with Crippen molar-refractivity contribution in [1.29, 1.82) is 0 Å². The Kier molecular flexibility index (Phi) is 8.93. The molecule has 0 aromatic heterocycles. The number of phenols is 2. The second-order valence-corrected chi connectivity index (χ2v) is 16.7. The molecule has 0 aliphatic heterocycles. The summed E-state index contributed by atoms with van der Waals surface area (Å²) in [5, 5.41) is 23.4. The first-order chi connectivity index (χ1) is 20.2. The lowest BCUT2D eigenvalue weighted by atomic mass is 9.68. The van der Waals surface area contributed by atoms with Crippen molar-refractivity contribution in [3.63, 3.8) is 0 Å². The number of hydrogen-bond acceptors (Lipinski definition) is 2. The van der Waals surface area contributed by atoms with Gasteiger partial charge in [0.25, 0.3) is 0 Å². The van der Waals surface area contributed by atoms with Crippen LogP contribution in [-0.4, -0.2) is 10.2 Å². The normalized spacial score (nSPS) is 13.1. The van der Waals surface area contributed by atoms with Crippen molar-refractivity contribution in [2.45, 2.75) is 117 Å². The Morgan fingerprint density at radius 1 is 0.364 bits per heavy atom. The molecule has 0 atom stereocenters. The van der Waals surface area contributed by atoms with Crippen LogP contribution in [0.5, 0.6) is 11.5 Å². The van der Waals surface area contributed by atoms with Gasteiger partial charge < -0.3 is 10.2 Å². The first-order valence-corrected chi connectivity index (χ1v) is 16.1. The van der Waals surface area contributed by atoms with E-state index < -0.39 is 0 Å². The first-order valence-electron chi connectivity index (χ1n) is 16.1. The van der Waals surface area contributed by atoms with Crippen molar-refractivity contribution in [3.05, 3.63) is 129 Å². The van der Waals surface area contributed by atoms with E-state index in [1.165, 1.54) is 22.3 Å². The van der Waals surface area contributed by atoms with Gasteiger partial charge in [-0.15, -0.1) is 0 Å². The van der Waals surface area contributed by atoms with Gasteiger partial charge in [-0.1, -0.05) is 168 Å². The van der Waals surface area contributed by atoms with E-state index in [1.807, 2.05) is 0 Å². The van der Waals surface area contributed by atoms with Crippen molar-refractivity contribution in [2.24, 2.45) is 0 Å². The molecular formula is C42H54O2. The Morgan fingerprint density at radius 2 is 0.591 bits per heavy atom. The highest BCUT2D eigenvalue weighted by Crippen LogP contribution is 2.50. The molecule has 0 aliphatic rings. The molecule has 0 saturated heterocycles. The van der Waals surface area contributed by atoms with E-state index in [-0.39, 0.29) is 33.5 Å². The summed E-state index contributed by atoms with van der Waals surface area (Å²) in [5.74, 6) is 0.679. The van der Waals surface area contributed by atoms with E-state index in [0.29, 0.717) is 11.5 Å². The molecule has 0 aliphatic carbocycles. The van der Waals surface area contributed by atoms with Crippen LogP contribution in [0, 0.1) is 0 Å². The van der Waals surface area contributed by atoms with Gasteiger partial charge in [-0.2, -0.15) is 0 Å². The van der Waals surface area contributed by atoms with Crippen LogP contribution in [0.15, 0.2) is 84.9 Å². The number of rotatable bonds is 5. The summed E-state index contributed by atoms with van der Waals surface area (Å²) in [5.41, 5.74) is 7.56. The van der Waals surface area contributed by atoms with E-state index in [1.54, 1.807) is 0 Å². The number of benzene rings is 4. The highest BCUT2D eigenvalue weighted by molar-refractivity contribution is 5.57. The third-order valence-corrected chi connectivity index (χ3v) is 8.87. The van der Waals surface area contributed by atoms with Gasteiger partial charge >= 0.3 is 0 Å². The van der Waals surface area contributed by atoms with E-state index in [4.69, 9.17) is 0 Å². The fraction of sp³-hybridized carbons (Fsp3) is 0.429. The largest absolute Gasteiger partial charge is 0.507 e. The molecule has 4 aromatic carbocycles. The summed E-state index contributed by atoms with van der Waals surface area (Å²) < 4.78 is 0. The zero-order valence-corrected chi connectivity index (χ0v) is 29.1. The van der Waals surface area contributed by atoms with Crippen molar-refractivity contribution >= 4 is 0 Å². The summed E-state index contributed by atoms with van der Waals surface area (Å²) in [6, 6.07) is 30.6. The molecular weight excluding hydrogens is 536 g/mol. The minimum atomic E-state index is -0.262. The molecule has 2 N–H and O–H groups in total. The van der Waals surface area contributed by atoms with E-state index in [9.17, 15) is 10.2 Å².